The molecule has 2 nitrogen and oxygen atoms in total. The molecule has 0 bridgehead atoms. The number of nitrogens with zero attached hydrogens (tertiary/aromatic N) is 1. The number of pyridine rings is 1. The van der Waals surface area contributed by atoms with E-state index in [1.54, 1.807) is 12.3 Å². The minimum Gasteiger partial charge on any atom is -0.309 e. The number of nitrogens with one attached hydrogen (secondary N) is 1. The van der Waals surface area contributed by atoms with E-state index in [9.17, 15) is 0 Å². The van der Waals surface area contributed by atoms with E-state index in [4.69, 9.17) is 23.2 Å². The van der Waals surface area contributed by atoms with Crippen molar-refractivity contribution in [3.8, 4) is 0 Å². The summed E-state index contributed by atoms with van der Waals surface area (Å²) in [6.07, 6.45) is 9.32. The van der Waals surface area contributed by atoms with Crippen molar-refractivity contribution in [3.63, 3.8) is 0 Å². The van der Waals surface area contributed by atoms with E-state index in [-0.39, 0.29) is 6.04 Å². The number of aromatic nitrogens is 1. The van der Waals surface area contributed by atoms with Crippen molar-refractivity contribution in [1.82, 2.24) is 10.3 Å². The summed E-state index contributed by atoms with van der Waals surface area (Å²) in [6, 6.07) is 1.96. The van der Waals surface area contributed by atoms with Crippen molar-refractivity contribution >= 4 is 23.2 Å². The third kappa shape index (κ3) is 5.94. The van der Waals surface area contributed by atoms with Crippen molar-refractivity contribution in [2.45, 2.75) is 45.1 Å². The van der Waals surface area contributed by atoms with Crippen molar-refractivity contribution in [2.75, 3.05) is 6.54 Å². The second-order valence-electron chi connectivity index (χ2n) is 4.56. The molecular weight excluding hydrogens is 279 g/mol. The van der Waals surface area contributed by atoms with Gasteiger partial charge in [0.1, 0.15) is 0 Å². The highest BCUT2D eigenvalue weighted by atomic mass is 35.5. The summed E-state index contributed by atoms with van der Waals surface area (Å²) in [5, 5.41) is 4.66. The van der Waals surface area contributed by atoms with Gasteiger partial charge in [-0.3, -0.25) is 4.98 Å². The molecule has 0 radical (unpaired) electrons. The molecule has 1 aromatic heterocycles. The highest BCUT2D eigenvalue weighted by molar-refractivity contribution is 6.34. The molecule has 1 atom stereocenters. The van der Waals surface area contributed by atoms with Crippen LogP contribution in [-0.2, 0) is 0 Å². The number of unbranched alkanes of at least 4 members (excludes halogenated alkanes) is 3. The third-order valence-corrected chi connectivity index (χ3v) is 3.53. The third-order valence-electron chi connectivity index (χ3n) is 3.02. The van der Waals surface area contributed by atoms with Crippen LogP contribution in [0.2, 0.25) is 10.0 Å². The first kappa shape index (κ1) is 16.5. The first-order chi connectivity index (χ1) is 9.19. The van der Waals surface area contributed by atoms with Crippen LogP contribution in [0.15, 0.2) is 24.9 Å². The fraction of sp³-hybridized carbons (Fsp3) is 0.533. The maximum absolute atomic E-state index is 6.22. The van der Waals surface area contributed by atoms with Crippen molar-refractivity contribution in [1.29, 1.82) is 0 Å². The molecule has 4 heteroatoms. The van der Waals surface area contributed by atoms with Gasteiger partial charge in [0.15, 0.2) is 0 Å². The summed E-state index contributed by atoms with van der Waals surface area (Å²) in [6.45, 7) is 6.73. The fourth-order valence-electron chi connectivity index (χ4n) is 2.08. The number of hydrogen-bond donors (Lipinski definition) is 1. The predicted octanol–water partition coefficient (Wildman–Crippen LogP) is 5.18. The second kappa shape index (κ2) is 9.35. The van der Waals surface area contributed by atoms with Gasteiger partial charge in [0, 0.05) is 6.20 Å². The van der Waals surface area contributed by atoms with Gasteiger partial charge in [-0.2, -0.15) is 0 Å². The quantitative estimate of drug-likeness (QED) is 0.502. The standard InChI is InChI=1S/C15H22Cl2N2/c1-3-5-6-7-8-9-14(18-4-2)15-13(17)10-12(16)11-19-15/h3,10-11,14,18H,1,4-9H2,2H3. The van der Waals surface area contributed by atoms with Gasteiger partial charge in [0.05, 0.1) is 21.8 Å². The van der Waals surface area contributed by atoms with Crippen LogP contribution < -0.4 is 5.32 Å². The molecule has 0 fully saturated rings. The molecule has 1 heterocycles. The van der Waals surface area contributed by atoms with E-state index in [0.29, 0.717) is 10.0 Å². The Bertz CT molecular complexity index is 394. The highest BCUT2D eigenvalue weighted by Gasteiger charge is 2.15. The Morgan fingerprint density at radius 1 is 1.37 bits per heavy atom. The number of rotatable bonds is 9. The fourth-order valence-corrected chi connectivity index (χ4v) is 2.59. The monoisotopic (exact) mass is 300 g/mol. The molecule has 1 aromatic rings. The molecular formula is C15H22Cl2N2. The number of allylic oxidation sites excluding steroid dienone is 1. The average molecular weight is 301 g/mol. The summed E-state index contributed by atoms with van der Waals surface area (Å²) in [4.78, 5) is 4.37. The Morgan fingerprint density at radius 3 is 2.79 bits per heavy atom. The topological polar surface area (TPSA) is 24.9 Å². The molecule has 1 unspecified atom stereocenters. The van der Waals surface area contributed by atoms with Gasteiger partial charge in [-0.15, -0.1) is 6.58 Å². The lowest BCUT2D eigenvalue weighted by Crippen LogP contribution is -2.22. The molecule has 19 heavy (non-hydrogen) atoms. The van der Waals surface area contributed by atoms with Gasteiger partial charge in [0.25, 0.3) is 0 Å². The Balaban J connectivity index is 2.58. The molecule has 0 aromatic carbocycles. The van der Waals surface area contributed by atoms with E-state index < -0.39 is 0 Å². The Labute approximate surface area is 126 Å². The van der Waals surface area contributed by atoms with Gasteiger partial charge in [-0.05, 0) is 31.9 Å². The normalized spacial score (nSPS) is 12.4. The smallest absolute Gasteiger partial charge is 0.0760 e. The summed E-state index contributed by atoms with van der Waals surface area (Å²) < 4.78 is 0. The second-order valence-corrected chi connectivity index (χ2v) is 5.40. The van der Waals surface area contributed by atoms with E-state index in [2.05, 4.69) is 23.8 Å². The van der Waals surface area contributed by atoms with Crippen molar-refractivity contribution in [2.24, 2.45) is 0 Å². The maximum Gasteiger partial charge on any atom is 0.0760 e. The number of halogens is 2. The van der Waals surface area contributed by atoms with E-state index >= 15 is 0 Å². The van der Waals surface area contributed by atoms with Crippen molar-refractivity contribution in [3.05, 3.63) is 40.7 Å². The lowest BCUT2D eigenvalue weighted by Gasteiger charge is -2.18. The average Bonchev–Trinajstić information content (AvgIpc) is 2.38. The summed E-state index contributed by atoms with van der Waals surface area (Å²) in [5.41, 5.74) is 0.900. The predicted molar refractivity (Wildman–Crippen MR) is 84.0 cm³/mol. The zero-order valence-corrected chi connectivity index (χ0v) is 13.0. The van der Waals surface area contributed by atoms with Gasteiger partial charge < -0.3 is 5.32 Å². The Morgan fingerprint density at radius 2 is 2.16 bits per heavy atom. The SMILES string of the molecule is C=CCCCCCC(NCC)c1ncc(Cl)cc1Cl. The maximum atomic E-state index is 6.22. The molecule has 0 saturated heterocycles. The van der Waals surface area contributed by atoms with Gasteiger partial charge >= 0.3 is 0 Å². The van der Waals surface area contributed by atoms with Crippen LogP contribution in [0.4, 0.5) is 0 Å². The van der Waals surface area contributed by atoms with Crippen LogP contribution in [0.1, 0.15) is 50.8 Å². The molecule has 0 aliphatic carbocycles. The summed E-state index contributed by atoms with van der Waals surface area (Å²) in [7, 11) is 0. The first-order valence-electron chi connectivity index (χ1n) is 6.84. The molecule has 0 saturated carbocycles. The molecule has 0 amide bonds. The van der Waals surface area contributed by atoms with E-state index in [0.717, 1.165) is 31.5 Å². The number of hydrogen-bond acceptors (Lipinski definition) is 2. The van der Waals surface area contributed by atoms with Crippen LogP contribution in [0, 0.1) is 0 Å². The van der Waals surface area contributed by atoms with Gasteiger partial charge in [-0.25, -0.2) is 0 Å². The van der Waals surface area contributed by atoms with Gasteiger partial charge in [0.2, 0.25) is 0 Å². The minimum absolute atomic E-state index is 0.207. The lowest BCUT2D eigenvalue weighted by atomic mass is 10.0. The molecule has 1 N–H and O–H groups in total. The molecule has 0 spiro atoms. The van der Waals surface area contributed by atoms with Crippen LogP contribution >= 0.6 is 23.2 Å². The lowest BCUT2D eigenvalue weighted by molar-refractivity contribution is 0.474. The van der Waals surface area contributed by atoms with Crippen LogP contribution in [0.25, 0.3) is 0 Å². The highest BCUT2D eigenvalue weighted by Crippen LogP contribution is 2.27. The van der Waals surface area contributed by atoms with E-state index in [1.165, 1.54) is 12.8 Å². The van der Waals surface area contributed by atoms with Crippen LogP contribution in [0.3, 0.4) is 0 Å². The molecule has 0 aliphatic heterocycles. The van der Waals surface area contributed by atoms with Crippen molar-refractivity contribution < 1.29 is 0 Å². The largest absolute Gasteiger partial charge is 0.309 e. The zero-order valence-electron chi connectivity index (χ0n) is 11.5. The summed E-state index contributed by atoms with van der Waals surface area (Å²) >= 11 is 12.1. The molecule has 1 rings (SSSR count). The first-order valence-corrected chi connectivity index (χ1v) is 7.59. The van der Waals surface area contributed by atoms with E-state index in [1.807, 2.05) is 6.08 Å². The van der Waals surface area contributed by atoms with Crippen LogP contribution in [0.5, 0.6) is 0 Å². The molecule has 106 valence electrons. The Hall–Kier alpha value is -0.570. The zero-order chi connectivity index (χ0) is 14.1. The Kier molecular flexibility index (Phi) is 8.11. The minimum atomic E-state index is 0.207. The summed E-state index contributed by atoms with van der Waals surface area (Å²) in [5.74, 6) is 0. The van der Waals surface area contributed by atoms with Crippen LogP contribution in [-0.4, -0.2) is 11.5 Å². The van der Waals surface area contributed by atoms with Gasteiger partial charge in [-0.1, -0.05) is 49.0 Å². The molecule has 0 aliphatic rings.